The van der Waals surface area contributed by atoms with Crippen molar-refractivity contribution in [3.05, 3.63) is 65.1 Å². The van der Waals surface area contributed by atoms with Crippen molar-refractivity contribution in [2.45, 2.75) is 13.0 Å². The standard InChI is InChI=1S/C18H21ClN6/c1-20-18(24(2)13-14-7-3-4-8-15(14)19)21-11-10-17-23-22-16-9-5-6-12-25(16)17/h3-9,12H,10-11,13H2,1-2H3,(H,20,21). The number of aromatic nitrogens is 3. The van der Waals surface area contributed by atoms with Gasteiger partial charge in [-0.1, -0.05) is 35.9 Å². The topological polar surface area (TPSA) is 57.8 Å². The van der Waals surface area contributed by atoms with Gasteiger partial charge in [0.1, 0.15) is 5.82 Å². The number of benzene rings is 1. The van der Waals surface area contributed by atoms with Crippen LogP contribution in [0.5, 0.6) is 0 Å². The molecule has 0 bridgehead atoms. The van der Waals surface area contributed by atoms with Crippen LogP contribution in [0.15, 0.2) is 53.7 Å². The molecule has 0 saturated heterocycles. The lowest BCUT2D eigenvalue weighted by Crippen LogP contribution is -2.39. The smallest absolute Gasteiger partial charge is 0.193 e. The predicted molar refractivity (Wildman–Crippen MR) is 101 cm³/mol. The van der Waals surface area contributed by atoms with Crippen LogP contribution < -0.4 is 5.32 Å². The minimum atomic E-state index is 0.688. The van der Waals surface area contributed by atoms with Crippen LogP contribution in [0.1, 0.15) is 11.4 Å². The maximum absolute atomic E-state index is 6.24. The second-order valence-corrected chi connectivity index (χ2v) is 6.12. The summed E-state index contributed by atoms with van der Waals surface area (Å²) >= 11 is 6.24. The van der Waals surface area contributed by atoms with Gasteiger partial charge in [-0.3, -0.25) is 9.39 Å². The Kier molecular flexibility index (Phi) is 5.50. The highest BCUT2D eigenvalue weighted by molar-refractivity contribution is 6.31. The molecule has 0 unspecified atom stereocenters. The van der Waals surface area contributed by atoms with E-state index in [1.54, 1.807) is 7.05 Å². The fraction of sp³-hybridized carbons (Fsp3) is 0.278. The van der Waals surface area contributed by atoms with Crippen molar-refractivity contribution in [3.63, 3.8) is 0 Å². The first-order valence-electron chi connectivity index (χ1n) is 8.13. The minimum absolute atomic E-state index is 0.688. The van der Waals surface area contributed by atoms with Crippen LogP contribution in [-0.2, 0) is 13.0 Å². The van der Waals surface area contributed by atoms with Gasteiger partial charge in [-0.25, -0.2) is 0 Å². The summed E-state index contributed by atoms with van der Waals surface area (Å²) in [5.41, 5.74) is 1.93. The zero-order valence-corrected chi connectivity index (χ0v) is 15.1. The summed E-state index contributed by atoms with van der Waals surface area (Å²) in [7, 11) is 3.77. The van der Waals surface area contributed by atoms with Crippen LogP contribution in [-0.4, -0.2) is 46.1 Å². The molecule has 0 aliphatic rings. The van der Waals surface area contributed by atoms with Crippen molar-refractivity contribution in [3.8, 4) is 0 Å². The predicted octanol–water partition coefficient (Wildman–Crippen LogP) is 2.63. The Morgan fingerprint density at radius 1 is 1.20 bits per heavy atom. The Hall–Kier alpha value is -2.60. The third-order valence-electron chi connectivity index (χ3n) is 3.95. The third kappa shape index (κ3) is 4.09. The van der Waals surface area contributed by atoms with Crippen molar-refractivity contribution < 1.29 is 0 Å². The summed E-state index contributed by atoms with van der Waals surface area (Å²) in [4.78, 5) is 6.39. The van der Waals surface area contributed by atoms with E-state index in [-0.39, 0.29) is 0 Å². The maximum atomic E-state index is 6.24. The van der Waals surface area contributed by atoms with Gasteiger partial charge >= 0.3 is 0 Å². The van der Waals surface area contributed by atoms with E-state index in [0.29, 0.717) is 6.54 Å². The summed E-state index contributed by atoms with van der Waals surface area (Å²) in [6, 6.07) is 13.7. The highest BCUT2D eigenvalue weighted by Crippen LogP contribution is 2.16. The largest absolute Gasteiger partial charge is 0.356 e. The Balaban J connectivity index is 1.58. The Morgan fingerprint density at radius 3 is 2.80 bits per heavy atom. The van der Waals surface area contributed by atoms with Gasteiger partial charge in [-0.15, -0.1) is 10.2 Å². The third-order valence-corrected chi connectivity index (χ3v) is 4.32. The molecule has 0 spiro atoms. The highest BCUT2D eigenvalue weighted by atomic mass is 35.5. The first kappa shape index (κ1) is 17.2. The molecular weight excluding hydrogens is 336 g/mol. The normalized spacial score (nSPS) is 11.7. The molecule has 6 nitrogen and oxygen atoms in total. The van der Waals surface area contributed by atoms with E-state index in [9.17, 15) is 0 Å². The van der Waals surface area contributed by atoms with E-state index >= 15 is 0 Å². The monoisotopic (exact) mass is 356 g/mol. The summed E-state index contributed by atoms with van der Waals surface area (Å²) in [6.07, 6.45) is 2.73. The quantitative estimate of drug-likeness (QED) is 0.564. The number of hydrogen-bond donors (Lipinski definition) is 1. The Bertz CT molecular complexity index is 873. The lowest BCUT2D eigenvalue weighted by Gasteiger charge is -2.22. The van der Waals surface area contributed by atoms with Crippen LogP contribution in [0.4, 0.5) is 0 Å². The van der Waals surface area contributed by atoms with E-state index in [1.807, 2.05) is 65.0 Å². The number of pyridine rings is 1. The van der Waals surface area contributed by atoms with Crippen molar-refractivity contribution in [1.29, 1.82) is 0 Å². The number of hydrogen-bond acceptors (Lipinski definition) is 3. The second kappa shape index (κ2) is 7.98. The number of halogens is 1. The SMILES string of the molecule is CN=C(NCCc1nnc2ccccn12)N(C)Cc1ccccc1Cl. The second-order valence-electron chi connectivity index (χ2n) is 5.72. The van der Waals surface area contributed by atoms with Crippen LogP contribution in [0, 0.1) is 0 Å². The first-order chi connectivity index (χ1) is 12.2. The lowest BCUT2D eigenvalue weighted by atomic mass is 10.2. The van der Waals surface area contributed by atoms with Gasteiger partial charge in [0.15, 0.2) is 11.6 Å². The van der Waals surface area contributed by atoms with Gasteiger partial charge in [0.05, 0.1) is 0 Å². The molecule has 1 N–H and O–H groups in total. The minimum Gasteiger partial charge on any atom is -0.356 e. The molecule has 2 aromatic heterocycles. The van der Waals surface area contributed by atoms with Gasteiger partial charge in [0.25, 0.3) is 0 Å². The molecule has 0 amide bonds. The average molecular weight is 357 g/mol. The molecule has 0 aliphatic carbocycles. The zero-order chi connectivity index (χ0) is 17.6. The molecule has 0 aliphatic heterocycles. The Morgan fingerprint density at radius 2 is 2.00 bits per heavy atom. The van der Waals surface area contributed by atoms with E-state index in [2.05, 4.69) is 20.5 Å². The summed E-state index contributed by atoms with van der Waals surface area (Å²) in [5, 5.41) is 12.5. The molecule has 3 rings (SSSR count). The summed E-state index contributed by atoms with van der Waals surface area (Å²) in [5.74, 6) is 1.74. The summed E-state index contributed by atoms with van der Waals surface area (Å²) in [6.45, 7) is 1.41. The number of nitrogens with zero attached hydrogens (tertiary/aromatic N) is 5. The van der Waals surface area contributed by atoms with E-state index < -0.39 is 0 Å². The number of nitrogens with one attached hydrogen (secondary N) is 1. The van der Waals surface area contributed by atoms with Crippen molar-refractivity contribution in [1.82, 2.24) is 24.8 Å². The Labute approximate surface area is 152 Å². The molecule has 25 heavy (non-hydrogen) atoms. The zero-order valence-electron chi connectivity index (χ0n) is 14.4. The number of guanidine groups is 1. The average Bonchev–Trinajstić information content (AvgIpc) is 3.04. The van der Waals surface area contributed by atoms with E-state index in [1.165, 1.54) is 0 Å². The lowest BCUT2D eigenvalue weighted by molar-refractivity contribution is 0.477. The first-order valence-corrected chi connectivity index (χ1v) is 8.50. The van der Waals surface area contributed by atoms with Gasteiger partial charge < -0.3 is 10.2 Å². The van der Waals surface area contributed by atoms with Crippen LogP contribution in [0.2, 0.25) is 5.02 Å². The molecule has 130 valence electrons. The molecule has 1 aromatic carbocycles. The molecule has 2 heterocycles. The van der Waals surface area contributed by atoms with Crippen LogP contribution >= 0.6 is 11.6 Å². The van der Waals surface area contributed by atoms with Gasteiger partial charge in [0.2, 0.25) is 0 Å². The van der Waals surface area contributed by atoms with Gasteiger partial charge in [-0.05, 0) is 23.8 Å². The summed E-state index contributed by atoms with van der Waals surface area (Å²) < 4.78 is 2.00. The number of rotatable bonds is 5. The molecule has 0 saturated carbocycles. The number of fused-ring (bicyclic) bond motifs is 1. The molecule has 0 radical (unpaired) electrons. The molecular formula is C18H21ClN6. The van der Waals surface area contributed by atoms with Crippen molar-refractivity contribution in [2.75, 3.05) is 20.6 Å². The van der Waals surface area contributed by atoms with Gasteiger partial charge in [-0.2, -0.15) is 0 Å². The number of aliphatic imine (C=N–C) groups is 1. The van der Waals surface area contributed by atoms with E-state index in [0.717, 1.165) is 41.0 Å². The van der Waals surface area contributed by atoms with Crippen molar-refractivity contribution >= 4 is 23.2 Å². The highest BCUT2D eigenvalue weighted by Gasteiger charge is 2.09. The maximum Gasteiger partial charge on any atom is 0.193 e. The van der Waals surface area contributed by atoms with E-state index in [4.69, 9.17) is 11.6 Å². The fourth-order valence-electron chi connectivity index (χ4n) is 2.69. The fourth-order valence-corrected chi connectivity index (χ4v) is 2.88. The van der Waals surface area contributed by atoms with Crippen LogP contribution in [0.25, 0.3) is 5.65 Å². The molecule has 7 heteroatoms. The molecule has 3 aromatic rings. The van der Waals surface area contributed by atoms with Gasteiger partial charge in [0, 0.05) is 44.8 Å². The molecule has 0 atom stereocenters. The van der Waals surface area contributed by atoms with Crippen LogP contribution in [0.3, 0.4) is 0 Å². The van der Waals surface area contributed by atoms with Crippen molar-refractivity contribution in [2.24, 2.45) is 4.99 Å². The molecule has 0 fully saturated rings.